The van der Waals surface area contributed by atoms with E-state index in [4.69, 9.17) is 17.3 Å². The van der Waals surface area contributed by atoms with Gasteiger partial charge in [-0.15, -0.1) is 0 Å². The maximum absolute atomic E-state index is 11.4. The second kappa shape index (κ2) is 4.38. The summed E-state index contributed by atoms with van der Waals surface area (Å²) in [5, 5.41) is 8.48. The normalized spacial score (nSPS) is 20.1. The fourth-order valence-electron chi connectivity index (χ4n) is 0.749. The third-order valence-electron chi connectivity index (χ3n) is 1.27. The van der Waals surface area contributed by atoms with E-state index in [2.05, 4.69) is 0 Å². The Bertz CT molecular complexity index is 315. The van der Waals surface area contributed by atoms with Crippen molar-refractivity contribution in [1.29, 1.82) is 0 Å². The summed E-state index contributed by atoms with van der Waals surface area (Å²) in [5.74, 6) is -1.39. The van der Waals surface area contributed by atoms with Gasteiger partial charge in [0.25, 0.3) is 5.91 Å². The van der Waals surface area contributed by atoms with Crippen LogP contribution in [0.4, 0.5) is 0 Å². The lowest BCUT2D eigenvalue weighted by molar-refractivity contribution is -0.140. The Balaban J connectivity index is 2.82. The first-order valence-electron chi connectivity index (χ1n) is 3.12. The first-order valence-corrected chi connectivity index (χ1v) is 5.59. The average Bonchev–Trinajstić information content (AvgIpc) is 2.31. The molecule has 0 aliphatic carbocycles. The van der Waals surface area contributed by atoms with E-state index in [1.54, 1.807) is 4.08 Å². The van der Waals surface area contributed by atoms with Crippen LogP contribution in [0.2, 0.25) is 0 Å². The SMILES string of the molecule is O=C(O)CN1C(=O)/C(=C\I)SC1=S. The number of carbonyl (C=O) groups is 2. The van der Waals surface area contributed by atoms with Gasteiger partial charge in [-0.2, -0.15) is 0 Å². The minimum absolute atomic E-state index is 0.301. The Morgan fingerprint density at radius 2 is 2.38 bits per heavy atom. The first-order chi connectivity index (χ1) is 6.06. The molecular weight excluding hydrogens is 325 g/mol. The van der Waals surface area contributed by atoms with Gasteiger partial charge in [-0.05, 0) is 4.08 Å². The summed E-state index contributed by atoms with van der Waals surface area (Å²) in [7, 11) is 0. The molecule has 7 heteroatoms. The standard InChI is InChI=1S/C6H4INO3S2/c7-1-3-5(11)8(2-4(9)10)6(12)13-3/h1H,2H2,(H,9,10)/b3-1+. The molecule has 13 heavy (non-hydrogen) atoms. The molecule has 0 aromatic heterocycles. The van der Waals surface area contributed by atoms with Crippen LogP contribution >= 0.6 is 46.6 Å². The van der Waals surface area contributed by atoms with Crippen LogP contribution in [-0.2, 0) is 9.59 Å². The van der Waals surface area contributed by atoms with Crippen LogP contribution in [0.3, 0.4) is 0 Å². The number of hydrogen-bond acceptors (Lipinski definition) is 4. The fraction of sp³-hybridized carbons (Fsp3) is 0.167. The van der Waals surface area contributed by atoms with Crippen molar-refractivity contribution in [3.8, 4) is 0 Å². The van der Waals surface area contributed by atoms with Crippen molar-refractivity contribution >= 4 is 62.8 Å². The molecule has 4 nitrogen and oxygen atoms in total. The first kappa shape index (κ1) is 10.9. The van der Waals surface area contributed by atoms with E-state index in [1.807, 2.05) is 22.6 Å². The maximum atomic E-state index is 11.4. The van der Waals surface area contributed by atoms with E-state index in [0.29, 0.717) is 9.23 Å². The topological polar surface area (TPSA) is 57.6 Å². The highest BCUT2D eigenvalue weighted by atomic mass is 127. The number of aliphatic carboxylic acids is 1. The molecule has 1 saturated heterocycles. The van der Waals surface area contributed by atoms with Gasteiger partial charge in [0.2, 0.25) is 0 Å². The number of amides is 1. The summed E-state index contributed by atoms with van der Waals surface area (Å²) >= 11 is 7.88. The molecule has 0 bridgehead atoms. The van der Waals surface area contributed by atoms with E-state index in [9.17, 15) is 9.59 Å². The Kier molecular flexibility index (Phi) is 3.68. The van der Waals surface area contributed by atoms with Crippen molar-refractivity contribution in [2.75, 3.05) is 6.54 Å². The summed E-state index contributed by atoms with van der Waals surface area (Å²) in [6.45, 7) is -0.362. The number of rotatable bonds is 2. The molecule has 1 fully saturated rings. The van der Waals surface area contributed by atoms with Gasteiger partial charge in [0.15, 0.2) is 0 Å². The number of carboxylic acids is 1. The van der Waals surface area contributed by atoms with Crippen LogP contribution in [0.5, 0.6) is 0 Å². The van der Waals surface area contributed by atoms with Crippen LogP contribution in [0.1, 0.15) is 0 Å². The lowest BCUT2D eigenvalue weighted by Crippen LogP contribution is -2.33. The van der Waals surface area contributed by atoms with Gasteiger partial charge in [0, 0.05) is 0 Å². The van der Waals surface area contributed by atoms with E-state index in [1.165, 1.54) is 0 Å². The third-order valence-corrected chi connectivity index (χ3v) is 3.69. The van der Waals surface area contributed by atoms with Crippen molar-refractivity contribution in [2.45, 2.75) is 0 Å². The summed E-state index contributed by atoms with van der Waals surface area (Å²) in [5.41, 5.74) is 0. The molecule has 1 aliphatic rings. The Morgan fingerprint density at radius 3 is 2.77 bits per heavy atom. The monoisotopic (exact) mass is 329 g/mol. The third kappa shape index (κ3) is 2.41. The molecule has 0 spiro atoms. The maximum Gasteiger partial charge on any atom is 0.323 e. The van der Waals surface area contributed by atoms with E-state index < -0.39 is 5.97 Å². The Labute approximate surface area is 97.5 Å². The van der Waals surface area contributed by atoms with Crippen molar-refractivity contribution < 1.29 is 14.7 Å². The van der Waals surface area contributed by atoms with E-state index in [0.717, 1.165) is 16.7 Å². The van der Waals surface area contributed by atoms with Crippen molar-refractivity contribution in [2.24, 2.45) is 0 Å². The summed E-state index contributed by atoms with van der Waals surface area (Å²) in [6.07, 6.45) is 0. The average molecular weight is 329 g/mol. The van der Waals surface area contributed by atoms with Gasteiger partial charge in [-0.25, -0.2) is 0 Å². The molecule has 0 unspecified atom stereocenters. The number of thioether (sulfide) groups is 1. The quantitative estimate of drug-likeness (QED) is 0.469. The van der Waals surface area contributed by atoms with Crippen LogP contribution in [0.25, 0.3) is 0 Å². The zero-order chi connectivity index (χ0) is 10.0. The molecule has 0 atom stereocenters. The molecule has 1 aliphatic heterocycles. The lowest BCUT2D eigenvalue weighted by Gasteiger charge is -2.09. The molecule has 1 amide bonds. The van der Waals surface area contributed by atoms with Crippen molar-refractivity contribution in [1.82, 2.24) is 4.90 Å². The number of carboxylic acid groups (broad SMARTS) is 1. The van der Waals surface area contributed by atoms with Gasteiger partial charge in [-0.1, -0.05) is 46.6 Å². The summed E-state index contributed by atoms with van der Waals surface area (Å²) in [6, 6.07) is 0. The second-order valence-electron chi connectivity index (χ2n) is 2.13. The predicted molar refractivity (Wildman–Crippen MR) is 61.6 cm³/mol. The van der Waals surface area contributed by atoms with Gasteiger partial charge in [0.05, 0.1) is 4.91 Å². The highest BCUT2D eigenvalue weighted by Gasteiger charge is 2.32. The van der Waals surface area contributed by atoms with Gasteiger partial charge in [0.1, 0.15) is 10.9 Å². The molecule has 0 saturated carbocycles. The van der Waals surface area contributed by atoms with E-state index >= 15 is 0 Å². The minimum Gasteiger partial charge on any atom is -0.480 e. The Morgan fingerprint density at radius 1 is 1.77 bits per heavy atom. The molecule has 1 heterocycles. The number of halogens is 1. The van der Waals surface area contributed by atoms with Gasteiger partial charge < -0.3 is 5.11 Å². The number of hydrogen-bond donors (Lipinski definition) is 1. The highest BCUT2D eigenvalue weighted by molar-refractivity contribution is 14.1. The molecule has 0 aromatic rings. The number of carbonyl (C=O) groups excluding carboxylic acids is 1. The van der Waals surface area contributed by atoms with E-state index in [-0.39, 0.29) is 12.5 Å². The Hall–Kier alpha value is -0.150. The molecule has 0 radical (unpaired) electrons. The highest BCUT2D eigenvalue weighted by Crippen LogP contribution is 2.31. The van der Waals surface area contributed by atoms with Gasteiger partial charge >= 0.3 is 5.97 Å². The van der Waals surface area contributed by atoms with Gasteiger partial charge in [-0.3, -0.25) is 14.5 Å². The summed E-state index contributed by atoms with van der Waals surface area (Å²) in [4.78, 5) is 23.3. The molecule has 1 N–H and O–H groups in total. The minimum atomic E-state index is -1.06. The zero-order valence-corrected chi connectivity index (χ0v) is 9.98. The molecule has 1 rings (SSSR count). The molecular formula is C6H4INO3S2. The summed E-state index contributed by atoms with van der Waals surface area (Å²) < 4.78 is 1.90. The van der Waals surface area contributed by atoms with Crippen LogP contribution < -0.4 is 0 Å². The van der Waals surface area contributed by atoms with Crippen LogP contribution in [0, 0.1) is 0 Å². The lowest BCUT2D eigenvalue weighted by atomic mass is 10.5. The van der Waals surface area contributed by atoms with Crippen LogP contribution in [-0.4, -0.2) is 32.7 Å². The fourth-order valence-corrected chi connectivity index (χ4v) is 2.50. The number of thiocarbonyl (C=S) groups is 1. The molecule has 70 valence electrons. The number of nitrogens with zero attached hydrogens (tertiary/aromatic N) is 1. The van der Waals surface area contributed by atoms with Crippen LogP contribution in [0.15, 0.2) is 8.99 Å². The second-order valence-corrected chi connectivity index (χ2v) is 4.42. The van der Waals surface area contributed by atoms with Crippen molar-refractivity contribution in [3.63, 3.8) is 0 Å². The zero-order valence-electron chi connectivity index (χ0n) is 6.19. The smallest absolute Gasteiger partial charge is 0.323 e. The molecule has 0 aromatic carbocycles. The van der Waals surface area contributed by atoms with Crippen molar-refractivity contribution in [3.05, 3.63) is 8.99 Å². The predicted octanol–water partition coefficient (Wildman–Crippen LogP) is 1.21. The largest absolute Gasteiger partial charge is 0.480 e.